The van der Waals surface area contributed by atoms with E-state index in [0.717, 1.165) is 71.0 Å². The highest BCUT2D eigenvalue weighted by Gasteiger charge is 2.39. The number of nitrogens with zero attached hydrogens (tertiary/aromatic N) is 1. The minimum absolute atomic E-state index is 0.00462. The monoisotopic (exact) mass is 756 g/mol. The molecule has 50 heavy (non-hydrogen) atoms. The van der Waals surface area contributed by atoms with Crippen LogP contribution in [0, 0.1) is 0 Å². The van der Waals surface area contributed by atoms with Gasteiger partial charge in [-0.1, -0.05) is 25.7 Å². The molecule has 0 unspecified atom stereocenters. The Morgan fingerprint density at radius 1 is 0.580 bits per heavy atom. The smallest absolute Gasteiger partial charge is 0.475 e. The fourth-order valence-corrected chi connectivity index (χ4v) is 2.59. The standard InChI is InChI=1S/C19H42N8O2.3C2HF3O2/c20-10-9-13-22-11-7-8-15-25-19(29)26-16-18(28)24-14-6-4-2-1-3-5-12-23-17-27-21;3*3-2(4,5)1(6)7/h17,22H,1-16,20-21H2,(H,23,27)(H,24,28)(H2,25,26,29);3*(H,6,7). The molecule has 0 aliphatic rings. The van der Waals surface area contributed by atoms with Gasteiger partial charge in [0.15, 0.2) is 0 Å². The first-order valence-corrected chi connectivity index (χ1v) is 14.6. The van der Waals surface area contributed by atoms with Crippen LogP contribution in [-0.4, -0.2) is 116 Å². The number of hydrogen-bond acceptors (Lipinski definition) is 9. The molecule has 0 atom stereocenters. The molecule has 0 heterocycles. The second-order valence-corrected chi connectivity index (χ2v) is 9.29. The van der Waals surface area contributed by atoms with Crippen molar-refractivity contribution < 1.29 is 78.8 Å². The molecular formula is C25H45F9N8O8. The highest BCUT2D eigenvalue weighted by Crippen LogP contribution is 2.14. The highest BCUT2D eigenvalue weighted by atomic mass is 19.4. The van der Waals surface area contributed by atoms with Crippen LogP contribution in [0.3, 0.4) is 0 Å². The molecule has 0 rings (SSSR count). The first kappa shape index (κ1) is 52.7. The van der Waals surface area contributed by atoms with Crippen LogP contribution in [0.15, 0.2) is 4.99 Å². The van der Waals surface area contributed by atoms with Crippen LogP contribution in [0.25, 0.3) is 0 Å². The molecule has 25 heteroatoms. The molecule has 0 spiro atoms. The molecule has 12 N–H and O–H groups in total. The van der Waals surface area contributed by atoms with E-state index >= 15 is 0 Å². The predicted molar refractivity (Wildman–Crippen MR) is 160 cm³/mol. The minimum atomic E-state index is -5.08. The quantitative estimate of drug-likeness (QED) is 0.0213. The Hall–Kier alpha value is -4.13. The molecule has 16 nitrogen and oxygen atoms in total. The van der Waals surface area contributed by atoms with E-state index in [4.69, 9.17) is 41.3 Å². The van der Waals surface area contributed by atoms with E-state index in [-0.39, 0.29) is 18.5 Å². The summed E-state index contributed by atoms with van der Waals surface area (Å²) in [5, 5.41) is 32.8. The molecular weight excluding hydrogens is 711 g/mol. The van der Waals surface area contributed by atoms with Gasteiger partial charge in [0.1, 0.15) is 0 Å². The van der Waals surface area contributed by atoms with E-state index in [1.54, 1.807) is 0 Å². The zero-order chi connectivity index (χ0) is 39.7. The lowest BCUT2D eigenvalue weighted by Gasteiger charge is -2.09. The lowest BCUT2D eigenvalue weighted by atomic mass is 10.1. The van der Waals surface area contributed by atoms with E-state index in [9.17, 15) is 49.1 Å². The molecule has 0 aromatic carbocycles. The van der Waals surface area contributed by atoms with Crippen LogP contribution in [0.4, 0.5) is 44.3 Å². The third-order valence-corrected chi connectivity index (χ3v) is 4.96. The SMILES string of the molecule is NCCCNCCCCNC(=O)NCC(=O)NCCCCCCCCN=CNN.O=C(O)C(F)(F)F.O=C(O)C(F)(F)F.O=C(O)C(F)(F)F. The van der Waals surface area contributed by atoms with Gasteiger partial charge in [-0.2, -0.15) is 39.5 Å². The summed E-state index contributed by atoms with van der Waals surface area (Å²) in [7, 11) is 0. The number of unbranched alkanes of at least 4 members (excludes halogenated alkanes) is 6. The van der Waals surface area contributed by atoms with Gasteiger partial charge >= 0.3 is 42.5 Å². The van der Waals surface area contributed by atoms with Gasteiger partial charge in [0.05, 0.1) is 12.9 Å². The first-order chi connectivity index (χ1) is 23.0. The van der Waals surface area contributed by atoms with E-state index in [1.165, 1.54) is 12.8 Å². The third-order valence-electron chi connectivity index (χ3n) is 4.96. The Labute approximate surface area is 280 Å². The van der Waals surface area contributed by atoms with Crippen molar-refractivity contribution >= 4 is 36.2 Å². The molecule has 0 radical (unpaired) electrons. The predicted octanol–water partition coefficient (Wildman–Crippen LogP) is 1.85. The lowest BCUT2D eigenvalue weighted by molar-refractivity contribution is -0.193. The number of hydrogen-bond donors (Lipinski definition) is 10. The average molecular weight is 757 g/mol. The molecule has 0 aromatic heterocycles. The Bertz CT molecular complexity index is 899. The fraction of sp³-hybridized carbons (Fsp3) is 0.760. The maximum atomic E-state index is 11.7. The van der Waals surface area contributed by atoms with Crippen LogP contribution < -0.4 is 38.3 Å². The highest BCUT2D eigenvalue weighted by molar-refractivity contribution is 5.83. The van der Waals surface area contributed by atoms with Crippen molar-refractivity contribution in [3.63, 3.8) is 0 Å². The van der Waals surface area contributed by atoms with Crippen molar-refractivity contribution in [2.45, 2.75) is 76.3 Å². The molecule has 0 aliphatic carbocycles. The molecule has 0 bridgehead atoms. The van der Waals surface area contributed by atoms with Crippen LogP contribution in [0.2, 0.25) is 0 Å². The molecule has 3 amide bonds. The normalized spacial score (nSPS) is 11.0. The van der Waals surface area contributed by atoms with E-state index in [2.05, 4.69) is 31.7 Å². The number of carbonyl (C=O) groups is 5. The average Bonchev–Trinajstić information content (AvgIpc) is 2.99. The topological polar surface area (TPSA) is 271 Å². The maximum Gasteiger partial charge on any atom is 0.490 e. The molecule has 0 saturated carbocycles. The number of nitrogens with two attached hydrogens (primary N) is 2. The number of amides is 3. The van der Waals surface area contributed by atoms with Crippen molar-refractivity contribution in [2.75, 3.05) is 45.8 Å². The van der Waals surface area contributed by atoms with Crippen molar-refractivity contribution in [3.8, 4) is 0 Å². The van der Waals surface area contributed by atoms with E-state index in [1.807, 2.05) is 0 Å². The van der Waals surface area contributed by atoms with Crippen LogP contribution in [-0.2, 0) is 19.2 Å². The summed E-state index contributed by atoms with van der Waals surface area (Å²) in [5.74, 6) is -3.35. The summed E-state index contributed by atoms with van der Waals surface area (Å²) in [5.41, 5.74) is 7.80. The number of carbonyl (C=O) groups excluding carboxylic acids is 2. The molecule has 0 fully saturated rings. The number of urea groups is 1. The molecule has 296 valence electrons. The number of carboxylic acid groups (broad SMARTS) is 3. The van der Waals surface area contributed by atoms with Gasteiger partial charge in [-0.3, -0.25) is 9.79 Å². The number of rotatable bonds is 20. The Morgan fingerprint density at radius 3 is 1.40 bits per heavy atom. The number of alkyl halides is 9. The van der Waals surface area contributed by atoms with Crippen molar-refractivity contribution in [1.29, 1.82) is 0 Å². The number of hydrazine groups is 1. The summed E-state index contributed by atoms with van der Waals surface area (Å²) in [6.45, 7) is 4.61. The van der Waals surface area contributed by atoms with Crippen LogP contribution in [0.1, 0.15) is 57.8 Å². The van der Waals surface area contributed by atoms with Crippen molar-refractivity contribution in [2.24, 2.45) is 16.6 Å². The maximum absolute atomic E-state index is 11.7. The van der Waals surface area contributed by atoms with Crippen LogP contribution >= 0.6 is 0 Å². The van der Waals surface area contributed by atoms with Gasteiger partial charge in [-0.25, -0.2) is 25.0 Å². The lowest BCUT2D eigenvalue weighted by Crippen LogP contribution is -2.42. The van der Waals surface area contributed by atoms with Gasteiger partial charge < -0.3 is 47.7 Å². The van der Waals surface area contributed by atoms with Gasteiger partial charge in [-0.15, -0.1) is 0 Å². The number of carboxylic acids is 3. The third kappa shape index (κ3) is 46.0. The molecule has 0 saturated heterocycles. The largest absolute Gasteiger partial charge is 0.490 e. The summed E-state index contributed by atoms with van der Waals surface area (Å²) in [4.78, 5) is 54.1. The summed E-state index contributed by atoms with van der Waals surface area (Å²) in [6, 6.07) is -0.303. The summed E-state index contributed by atoms with van der Waals surface area (Å²) in [6.07, 6.45) is -4.30. The Balaban J connectivity index is -0.000000403. The Morgan fingerprint density at radius 2 is 0.960 bits per heavy atom. The Kier molecular flexibility index (Phi) is 33.8. The molecule has 0 aromatic rings. The van der Waals surface area contributed by atoms with Gasteiger partial charge in [-0.05, 0) is 51.7 Å². The number of aliphatic carboxylic acids is 3. The second kappa shape index (κ2) is 32.1. The number of halogens is 9. The summed E-state index contributed by atoms with van der Waals surface area (Å²) >= 11 is 0. The van der Waals surface area contributed by atoms with Crippen LogP contribution in [0.5, 0.6) is 0 Å². The number of nitrogens with one attached hydrogen (secondary N) is 5. The van der Waals surface area contributed by atoms with Crippen molar-refractivity contribution in [3.05, 3.63) is 0 Å². The molecule has 0 aliphatic heterocycles. The fourth-order valence-electron chi connectivity index (χ4n) is 2.59. The van der Waals surface area contributed by atoms with Gasteiger partial charge in [0.25, 0.3) is 0 Å². The second-order valence-electron chi connectivity index (χ2n) is 9.29. The zero-order valence-electron chi connectivity index (χ0n) is 26.8. The zero-order valence-corrected chi connectivity index (χ0v) is 26.8. The van der Waals surface area contributed by atoms with Crippen molar-refractivity contribution in [1.82, 2.24) is 26.7 Å². The van der Waals surface area contributed by atoms with Gasteiger partial charge in [0, 0.05) is 19.6 Å². The van der Waals surface area contributed by atoms with Gasteiger partial charge in [0.2, 0.25) is 5.91 Å². The van der Waals surface area contributed by atoms with E-state index in [0.29, 0.717) is 19.6 Å². The minimum Gasteiger partial charge on any atom is -0.475 e. The number of aliphatic imine (C=N–C) groups is 1. The van der Waals surface area contributed by atoms with E-state index < -0.39 is 36.4 Å². The summed E-state index contributed by atoms with van der Waals surface area (Å²) < 4.78 is 95.2. The first-order valence-electron chi connectivity index (χ1n) is 14.6.